The molecule has 2 aromatic heterocycles. The van der Waals surface area contributed by atoms with Gasteiger partial charge in [0.1, 0.15) is 11.6 Å². The second-order valence-corrected chi connectivity index (χ2v) is 7.97. The number of nitrogens with zero attached hydrogens (tertiary/aromatic N) is 3. The molecule has 0 saturated heterocycles. The maximum Gasteiger partial charge on any atom is 0.265 e. The van der Waals surface area contributed by atoms with Gasteiger partial charge < -0.3 is 9.84 Å². The van der Waals surface area contributed by atoms with Gasteiger partial charge in [-0.1, -0.05) is 41.7 Å². The van der Waals surface area contributed by atoms with E-state index in [1.165, 1.54) is 35.8 Å². The Morgan fingerprint density at radius 3 is 2.62 bits per heavy atom. The van der Waals surface area contributed by atoms with E-state index in [0.29, 0.717) is 21.5 Å². The maximum atomic E-state index is 14.5. The van der Waals surface area contributed by atoms with Crippen LogP contribution in [0.15, 0.2) is 76.5 Å². The first-order valence-electron chi connectivity index (χ1n) is 9.67. The molecule has 0 aliphatic rings. The molecule has 3 aromatic carbocycles. The SMILES string of the molecule is COc1ccc2nc(/N=C/c3c(O)n(-c4ccccc4F)c(=O)c4ccccc34)sc2c1. The van der Waals surface area contributed by atoms with E-state index >= 15 is 0 Å². The van der Waals surface area contributed by atoms with E-state index in [1.54, 1.807) is 37.4 Å². The third-order valence-electron chi connectivity index (χ3n) is 5.09. The molecule has 8 heteroatoms. The number of para-hydroxylation sites is 1. The first-order chi connectivity index (χ1) is 15.6. The summed E-state index contributed by atoms with van der Waals surface area (Å²) in [6, 6.07) is 18.2. The molecule has 2 heterocycles. The van der Waals surface area contributed by atoms with Crippen LogP contribution >= 0.6 is 11.3 Å². The van der Waals surface area contributed by atoms with Crippen molar-refractivity contribution in [3.8, 4) is 17.3 Å². The van der Waals surface area contributed by atoms with Crippen LogP contribution in [0.4, 0.5) is 9.52 Å². The lowest BCUT2D eigenvalue weighted by Gasteiger charge is -2.14. The van der Waals surface area contributed by atoms with Gasteiger partial charge in [-0.15, -0.1) is 0 Å². The second kappa shape index (κ2) is 7.90. The first-order valence-corrected chi connectivity index (χ1v) is 10.5. The number of aromatic nitrogens is 2. The largest absolute Gasteiger partial charge is 0.497 e. The van der Waals surface area contributed by atoms with Crippen molar-refractivity contribution in [1.29, 1.82) is 0 Å². The number of benzene rings is 3. The van der Waals surface area contributed by atoms with Gasteiger partial charge in [-0.3, -0.25) is 4.79 Å². The first kappa shape index (κ1) is 19.9. The van der Waals surface area contributed by atoms with Crippen LogP contribution in [-0.2, 0) is 0 Å². The number of ether oxygens (including phenoxy) is 1. The van der Waals surface area contributed by atoms with Gasteiger partial charge in [-0.2, -0.15) is 0 Å². The van der Waals surface area contributed by atoms with Crippen molar-refractivity contribution in [2.24, 2.45) is 4.99 Å². The summed E-state index contributed by atoms with van der Waals surface area (Å²) in [7, 11) is 1.60. The smallest absolute Gasteiger partial charge is 0.265 e. The molecule has 0 radical (unpaired) electrons. The zero-order valence-corrected chi connectivity index (χ0v) is 17.6. The van der Waals surface area contributed by atoms with Crippen molar-refractivity contribution < 1.29 is 14.2 Å². The van der Waals surface area contributed by atoms with E-state index in [1.807, 2.05) is 18.2 Å². The number of halogens is 1. The summed E-state index contributed by atoms with van der Waals surface area (Å²) >= 11 is 1.36. The van der Waals surface area contributed by atoms with Crippen LogP contribution in [0.3, 0.4) is 0 Å². The molecule has 0 amide bonds. The molecule has 32 heavy (non-hydrogen) atoms. The third-order valence-corrected chi connectivity index (χ3v) is 6.01. The third kappa shape index (κ3) is 3.30. The minimum absolute atomic E-state index is 0.0394. The van der Waals surface area contributed by atoms with Gasteiger partial charge in [0.25, 0.3) is 5.56 Å². The molecule has 0 fully saturated rings. The highest BCUT2D eigenvalue weighted by Gasteiger charge is 2.18. The summed E-state index contributed by atoms with van der Waals surface area (Å²) in [6.45, 7) is 0. The fourth-order valence-electron chi connectivity index (χ4n) is 3.54. The van der Waals surface area contributed by atoms with Crippen molar-refractivity contribution in [3.05, 3.63) is 88.5 Å². The Morgan fingerprint density at radius 2 is 1.84 bits per heavy atom. The van der Waals surface area contributed by atoms with Crippen molar-refractivity contribution in [2.45, 2.75) is 0 Å². The average molecular weight is 445 g/mol. The number of methoxy groups -OCH3 is 1. The molecule has 0 aliphatic carbocycles. The molecule has 0 bridgehead atoms. The fraction of sp³-hybridized carbons (Fsp3) is 0.0417. The van der Waals surface area contributed by atoms with Crippen LogP contribution in [0.25, 0.3) is 26.7 Å². The molecule has 0 aliphatic heterocycles. The lowest BCUT2D eigenvalue weighted by molar-refractivity contribution is 0.415. The lowest BCUT2D eigenvalue weighted by atomic mass is 10.1. The average Bonchev–Trinajstić information content (AvgIpc) is 3.22. The molecule has 158 valence electrons. The summed E-state index contributed by atoms with van der Waals surface area (Å²) in [5.41, 5.74) is 0.503. The molecule has 6 nitrogen and oxygen atoms in total. The lowest BCUT2D eigenvalue weighted by Crippen LogP contribution is -2.21. The normalized spacial score (nSPS) is 11.6. The number of aliphatic imine (C=N–C) groups is 1. The van der Waals surface area contributed by atoms with Gasteiger partial charge in [0.2, 0.25) is 11.0 Å². The number of pyridine rings is 1. The predicted molar refractivity (Wildman–Crippen MR) is 125 cm³/mol. The van der Waals surface area contributed by atoms with E-state index in [0.717, 1.165) is 20.5 Å². The molecule has 0 spiro atoms. The van der Waals surface area contributed by atoms with Crippen LogP contribution in [-0.4, -0.2) is 28.0 Å². The van der Waals surface area contributed by atoms with E-state index in [4.69, 9.17) is 4.74 Å². The zero-order chi connectivity index (χ0) is 22.2. The Bertz CT molecular complexity index is 1570. The number of hydrogen-bond acceptors (Lipinski definition) is 6. The standard InChI is InChI=1S/C24H16FN3O3S/c1-31-14-10-11-19-21(12-14)32-24(27-19)26-13-17-15-6-2-3-7-16(15)22(29)28(23(17)30)20-9-5-4-8-18(20)25/h2-13,30H,1H3/b26-13+. The zero-order valence-electron chi connectivity index (χ0n) is 16.8. The summed E-state index contributed by atoms with van der Waals surface area (Å²) < 4.78 is 21.6. The highest BCUT2D eigenvalue weighted by atomic mass is 32.1. The van der Waals surface area contributed by atoms with Crippen molar-refractivity contribution in [1.82, 2.24) is 9.55 Å². The topological polar surface area (TPSA) is 76.7 Å². The Kier molecular flexibility index (Phi) is 4.91. The molecular weight excluding hydrogens is 429 g/mol. The summed E-state index contributed by atoms with van der Waals surface area (Å²) in [6.07, 6.45) is 1.45. The van der Waals surface area contributed by atoms with Crippen molar-refractivity contribution in [3.63, 3.8) is 0 Å². The fourth-order valence-corrected chi connectivity index (χ4v) is 4.38. The number of rotatable bonds is 4. The molecule has 5 rings (SSSR count). The summed E-state index contributed by atoms with van der Waals surface area (Å²) in [5, 5.41) is 12.3. The Hall–Kier alpha value is -4.04. The van der Waals surface area contributed by atoms with Crippen LogP contribution < -0.4 is 10.3 Å². The van der Waals surface area contributed by atoms with Crippen LogP contribution in [0, 0.1) is 5.82 Å². The van der Waals surface area contributed by atoms with E-state index in [2.05, 4.69) is 9.98 Å². The van der Waals surface area contributed by atoms with Crippen molar-refractivity contribution in [2.75, 3.05) is 7.11 Å². The highest BCUT2D eigenvalue weighted by Crippen LogP contribution is 2.32. The van der Waals surface area contributed by atoms with Crippen LogP contribution in [0.5, 0.6) is 11.6 Å². The number of thiazole rings is 1. The number of aromatic hydroxyl groups is 1. The minimum Gasteiger partial charge on any atom is -0.497 e. The van der Waals surface area contributed by atoms with E-state index in [-0.39, 0.29) is 5.69 Å². The molecule has 0 atom stereocenters. The highest BCUT2D eigenvalue weighted by molar-refractivity contribution is 7.22. The second-order valence-electron chi connectivity index (χ2n) is 6.96. The van der Waals surface area contributed by atoms with Gasteiger partial charge in [0.15, 0.2) is 0 Å². The van der Waals surface area contributed by atoms with Gasteiger partial charge in [-0.05, 0) is 36.4 Å². The summed E-state index contributed by atoms with van der Waals surface area (Å²) in [5.74, 6) is -0.300. The Labute approximate surface area is 185 Å². The van der Waals surface area contributed by atoms with E-state index < -0.39 is 17.3 Å². The molecular formula is C24H16FN3O3S. The number of fused-ring (bicyclic) bond motifs is 2. The minimum atomic E-state index is -0.622. The Morgan fingerprint density at radius 1 is 1.09 bits per heavy atom. The van der Waals surface area contributed by atoms with Crippen molar-refractivity contribution >= 4 is 43.7 Å². The van der Waals surface area contributed by atoms with Gasteiger partial charge >= 0.3 is 0 Å². The Balaban J connectivity index is 1.70. The number of hydrogen-bond donors (Lipinski definition) is 1. The maximum absolute atomic E-state index is 14.5. The quantitative estimate of drug-likeness (QED) is 0.386. The van der Waals surface area contributed by atoms with Gasteiger partial charge in [-0.25, -0.2) is 18.9 Å². The molecule has 0 saturated carbocycles. The van der Waals surface area contributed by atoms with E-state index in [9.17, 15) is 14.3 Å². The van der Waals surface area contributed by atoms with Crippen LogP contribution in [0.2, 0.25) is 0 Å². The molecule has 5 aromatic rings. The van der Waals surface area contributed by atoms with Gasteiger partial charge in [0.05, 0.1) is 28.6 Å². The molecule has 1 N–H and O–H groups in total. The van der Waals surface area contributed by atoms with Gasteiger partial charge in [0, 0.05) is 17.0 Å². The van der Waals surface area contributed by atoms with Crippen LogP contribution in [0.1, 0.15) is 5.56 Å². The monoisotopic (exact) mass is 445 g/mol. The summed E-state index contributed by atoms with van der Waals surface area (Å²) in [4.78, 5) is 22.0. The molecule has 0 unspecified atom stereocenters. The predicted octanol–water partition coefficient (Wildman–Crippen LogP) is 5.20.